The molecule has 2 aromatic carbocycles. The molecular formula is C21H15F5N4O2. The molecule has 3 rings (SSSR count). The van der Waals surface area contributed by atoms with Crippen molar-refractivity contribution in [3.8, 4) is 11.4 Å². The van der Waals surface area contributed by atoms with Crippen LogP contribution in [-0.4, -0.2) is 22.1 Å². The van der Waals surface area contributed by atoms with Gasteiger partial charge in [0.2, 0.25) is 0 Å². The summed E-state index contributed by atoms with van der Waals surface area (Å²) in [6.07, 6.45) is -1.61. The van der Waals surface area contributed by atoms with Crippen molar-refractivity contribution in [2.45, 2.75) is 12.8 Å². The number of rotatable bonds is 6. The van der Waals surface area contributed by atoms with Gasteiger partial charge in [-0.05, 0) is 42.6 Å². The van der Waals surface area contributed by atoms with Gasteiger partial charge in [-0.15, -0.1) is 0 Å². The van der Waals surface area contributed by atoms with Gasteiger partial charge < -0.3 is 10.5 Å². The lowest BCUT2D eigenvalue weighted by atomic mass is 10.2. The number of benzene rings is 2. The molecule has 32 heavy (non-hydrogen) atoms. The fourth-order valence-corrected chi connectivity index (χ4v) is 2.67. The highest BCUT2D eigenvalue weighted by Crippen LogP contribution is 2.30. The molecule has 0 saturated carbocycles. The van der Waals surface area contributed by atoms with E-state index in [4.69, 9.17) is 5.73 Å². The van der Waals surface area contributed by atoms with Crippen molar-refractivity contribution in [3.05, 3.63) is 94.6 Å². The predicted octanol–water partition coefficient (Wildman–Crippen LogP) is 4.45. The molecular weight excluding hydrogens is 435 g/mol. The monoisotopic (exact) mass is 450 g/mol. The second-order valence-electron chi connectivity index (χ2n) is 6.23. The number of ether oxygens (including phenoxy) is 1. The molecule has 0 amide bonds. The van der Waals surface area contributed by atoms with Crippen LogP contribution in [0.5, 0.6) is 5.75 Å². The summed E-state index contributed by atoms with van der Waals surface area (Å²) in [7, 11) is 0. The van der Waals surface area contributed by atoms with E-state index in [-0.39, 0.29) is 11.4 Å². The summed E-state index contributed by atoms with van der Waals surface area (Å²) in [5.41, 5.74) is 3.09. The van der Waals surface area contributed by atoms with Crippen LogP contribution in [-0.2, 0) is 6.18 Å². The maximum absolute atomic E-state index is 13.1. The molecule has 0 aliphatic heterocycles. The number of hydrogen-bond acceptors (Lipinski definition) is 5. The van der Waals surface area contributed by atoms with Crippen molar-refractivity contribution in [2.75, 3.05) is 0 Å². The molecule has 6 nitrogen and oxygen atoms in total. The molecule has 166 valence electrons. The second-order valence-corrected chi connectivity index (χ2v) is 6.23. The van der Waals surface area contributed by atoms with Gasteiger partial charge >= 0.3 is 12.8 Å². The molecule has 0 spiro atoms. The van der Waals surface area contributed by atoms with Gasteiger partial charge in [0, 0.05) is 0 Å². The Bertz CT molecular complexity index is 1200. The highest BCUT2D eigenvalue weighted by Gasteiger charge is 2.30. The molecule has 0 fully saturated rings. The summed E-state index contributed by atoms with van der Waals surface area (Å²) in [5, 5.41) is 4.02. The molecule has 11 heteroatoms. The number of aliphatic imine (C=N–C) groups is 1. The Hall–Kier alpha value is -4.02. The Kier molecular flexibility index (Phi) is 6.67. The minimum absolute atomic E-state index is 0.107. The smallest absolute Gasteiger partial charge is 0.416 e. The van der Waals surface area contributed by atoms with Gasteiger partial charge in [0.25, 0.3) is 5.43 Å². The largest absolute Gasteiger partial charge is 0.429 e. The third-order valence-electron chi connectivity index (χ3n) is 4.04. The van der Waals surface area contributed by atoms with E-state index in [0.717, 1.165) is 35.3 Å². The van der Waals surface area contributed by atoms with Crippen LogP contribution in [0.4, 0.5) is 27.6 Å². The van der Waals surface area contributed by atoms with Crippen molar-refractivity contribution in [2.24, 2.45) is 10.7 Å². The molecule has 1 heterocycles. The van der Waals surface area contributed by atoms with Crippen molar-refractivity contribution < 1.29 is 26.7 Å². The Morgan fingerprint density at radius 2 is 1.84 bits per heavy atom. The molecule has 0 atom stereocenters. The van der Waals surface area contributed by atoms with Crippen LogP contribution in [0.15, 0.2) is 82.9 Å². The van der Waals surface area contributed by atoms with Gasteiger partial charge in [-0.2, -0.15) is 27.1 Å². The first-order valence-electron chi connectivity index (χ1n) is 8.98. The molecule has 0 unspecified atom stereocenters. The summed E-state index contributed by atoms with van der Waals surface area (Å²) in [4.78, 5) is 17.0. The van der Waals surface area contributed by atoms with E-state index >= 15 is 0 Å². The van der Waals surface area contributed by atoms with Gasteiger partial charge in [0.05, 0.1) is 28.8 Å². The highest BCUT2D eigenvalue weighted by molar-refractivity contribution is 6.08. The lowest BCUT2D eigenvalue weighted by Crippen LogP contribution is -2.24. The maximum atomic E-state index is 13.1. The van der Waals surface area contributed by atoms with Crippen LogP contribution in [0.2, 0.25) is 0 Å². The minimum atomic E-state index is -4.65. The number of hydrogen-bond donors (Lipinski definition) is 1. The summed E-state index contributed by atoms with van der Waals surface area (Å²) in [5.74, 6) is -0.825. The Morgan fingerprint density at radius 3 is 2.47 bits per heavy atom. The standard InChI is InChI=1S/C21H15F5N4O2/c22-20(23)32-17-12-30(15-8-4-5-13(11-15)21(24,25)26)29-18(19(17)31)16(9-10-27)28-14-6-2-1-3-7-14/h1-12,20H,27H2. The van der Waals surface area contributed by atoms with E-state index < -0.39 is 35.2 Å². The van der Waals surface area contributed by atoms with E-state index in [1.54, 1.807) is 30.3 Å². The van der Waals surface area contributed by atoms with E-state index in [9.17, 15) is 26.7 Å². The number of aromatic nitrogens is 2. The van der Waals surface area contributed by atoms with Gasteiger partial charge in [-0.25, -0.2) is 9.67 Å². The highest BCUT2D eigenvalue weighted by atomic mass is 19.4. The van der Waals surface area contributed by atoms with Crippen molar-refractivity contribution >= 4 is 11.4 Å². The SMILES string of the molecule is NC=CC(=Nc1ccccc1)c1nn(-c2cccc(C(F)(F)F)c2)cc(OC(F)F)c1=O. The normalized spacial score (nSPS) is 12.5. The Labute approximate surface area is 178 Å². The summed E-state index contributed by atoms with van der Waals surface area (Å²) >= 11 is 0. The number of para-hydroxylation sites is 1. The zero-order valence-corrected chi connectivity index (χ0v) is 16.1. The second kappa shape index (κ2) is 9.41. The Balaban J connectivity index is 2.24. The first-order chi connectivity index (χ1) is 15.2. The number of alkyl halides is 5. The molecule has 0 saturated heterocycles. The lowest BCUT2D eigenvalue weighted by molar-refractivity contribution is -0.137. The first-order valence-corrected chi connectivity index (χ1v) is 8.98. The lowest BCUT2D eigenvalue weighted by Gasteiger charge is -2.13. The van der Waals surface area contributed by atoms with E-state index in [1.165, 1.54) is 12.1 Å². The third kappa shape index (κ3) is 5.36. The van der Waals surface area contributed by atoms with Gasteiger partial charge in [-0.3, -0.25) is 4.79 Å². The van der Waals surface area contributed by atoms with Crippen LogP contribution in [0.1, 0.15) is 11.3 Å². The van der Waals surface area contributed by atoms with Crippen LogP contribution < -0.4 is 15.9 Å². The maximum Gasteiger partial charge on any atom is 0.416 e. The van der Waals surface area contributed by atoms with E-state index in [0.29, 0.717) is 5.69 Å². The van der Waals surface area contributed by atoms with Crippen LogP contribution in [0, 0.1) is 0 Å². The van der Waals surface area contributed by atoms with Crippen molar-refractivity contribution in [1.29, 1.82) is 0 Å². The summed E-state index contributed by atoms with van der Waals surface area (Å²) < 4.78 is 70.2. The number of allylic oxidation sites excluding steroid dienone is 1. The zero-order valence-electron chi connectivity index (χ0n) is 16.1. The van der Waals surface area contributed by atoms with Crippen LogP contribution in [0.3, 0.4) is 0 Å². The number of nitrogens with two attached hydrogens (primary N) is 1. The number of nitrogens with zero attached hydrogens (tertiary/aromatic N) is 3. The van der Waals surface area contributed by atoms with E-state index in [1.807, 2.05) is 0 Å². The van der Waals surface area contributed by atoms with Crippen molar-refractivity contribution in [1.82, 2.24) is 9.78 Å². The van der Waals surface area contributed by atoms with Crippen LogP contribution in [0.25, 0.3) is 5.69 Å². The number of halogens is 5. The average molecular weight is 450 g/mol. The minimum Gasteiger partial charge on any atom is -0.429 e. The zero-order chi connectivity index (χ0) is 23.3. The van der Waals surface area contributed by atoms with Crippen LogP contribution >= 0.6 is 0 Å². The summed E-state index contributed by atoms with van der Waals surface area (Å²) in [6, 6.07) is 12.3. The summed E-state index contributed by atoms with van der Waals surface area (Å²) in [6.45, 7) is -3.35. The quantitative estimate of drug-likeness (QED) is 0.445. The predicted molar refractivity (Wildman–Crippen MR) is 107 cm³/mol. The molecule has 1 aromatic heterocycles. The first kappa shape index (κ1) is 22.7. The molecule has 0 aliphatic rings. The fourth-order valence-electron chi connectivity index (χ4n) is 2.67. The molecule has 0 bridgehead atoms. The van der Waals surface area contributed by atoms with Gasteiger partial charge in [0.1, 0.15) is 0 Å². The third-order valence-corrected chi connectivity index (χ3v) is 4.04. The Morgan fingerprint density at radius 1 is 1.12 bits per heavy atom. The molecule has 0 aliphatic carbocycles. The molecule has 3 aromatic rings. The van der Waals surface area contributed by atoms with E-state index in [2.05, 4.69) is 14.8 Å². The average Bonchev–Trinajstić information content (AvgIpc) is 2.75. The fraction of sp³-hybridized carbons (Fsp3) is 0.0952. The molecule has 0 radical (unpaired) electrons. The van der Waals surface area contributed by atoms with Crippen molar-refractivity contribution in [3.63, 3.8) is 0 Å². The topological polar surface area (TPSA) is 82.5 Å². The van der Waals surface area contributed by atoms with Gasteiger partial charge in [-0.1, -0.05) is 24.3 Å². The molecule has 2 N–H and O–H groups in total. The van der Waals surface area contributed by atoms with Gasteiger partial charge in [0.15, 0.2) is 11.4 Å².